The maximum absolute atomic E-state index is 13.7. The molecule has 720 valence electrons. The van der Waals surface area contributed by atoms with Gasteiger partial charge < -0.3 is 61.5 Å². The molecule has 2 unspecified atom stereocenters. The summed E-state index contributed by atoms with van der Waals surface area (Å²) in [7, 11) is 0. The van der Waals surface area contributed by atoms with E-state index in [4.69, 9.17) is 63.5 Å². The highest BCUT2D eigenvalue weighted by Gasteiger charge is 2.53. The number of Topliss-reactive ketones (excluding diaryl/α,β-unsaturated/α-hetero) is 4. The van der Waals surface area contributed by atoms with Gasteiger partial charge in [0.1, 0.15) is 69.7 Å². The average molecular weight is 1860 g/mol. The molecule has 28 nitrogen and oxygen atoms in total. The zero-order valence-corrected chi connectivity index (χ0v) is 79.6. The van der Waals surface area contributed by atoms with E-state index < -0.39 is 11.7 Å². The summed E-state index contributed by atoms with van der Waals surface area (Å²) in [6.45, 7) is 26.4. The molecule has 18 rings (SSSR count). The number of nitrogens with two attached hydrogens (primary N) is 4. The zero-order valence-electron chi connectivity index (χ0n) is 78.8. The predicted molar refractivity (Wildman–Crippen MR) is 517 cm³/mol. The number of carbonyl (C=O) groups is 4. The van der Waals surface area contributed by atoms with Gasteiger partial charge in [-0.1, -0.05) is 132 Å². The molecule has 0 radical (unpaired) electrons. The third kappa shape index (κ3) is 26.2. The predicted octanol–water partition coefficient (Wildman–Crippen LogP) is 16.3. The van der Waals surface area contributed by atoms with Crippen LogP contribution in [0.3, 0.4) is 0 Å². The number of hydrogen-bond acceptors (Lipinski definition) is 28. The van der Waals surface area contributed by atoms with Crippen molar-refractivity contribution in [2.75, 3.05) is 141 Å². The summed E-state index contributed by atoms with van der Waals surface area (Å²) in [5, 5.41) is 0.730. The maximum atomic E-state index is 13.7. The molecule has 4 aromatic heterocycles. The van der Waals surface area contributed by atoms with Crippen molar-refractivity contribution in [1.82, 2.24) is 59.5 Å². The van der Waals surface area contributed by atoms with Crippen molar-refractivity contribution in [3.63, 3.8) is 0 Å². The molecule has 2 atom stereocenters. The average Bonchev–Trinajstić information content (AvgIpc) is 1.59. The van der Waals surface area contributed by atoms with Crippen LogP contribution in [-0.2, 0) is 103 Å². The Morgan fingerprint density at radius 1 is 0.396 bits per heavy atom. The van der Waals surface area contributed by atoms with Gasteiger partial charge in [-0.2, -0.15) is 53.0 Å². The number of benzene rings is 4. The van der Waals surface area contributed by atoms with Gasteiger partial charge in [-0.3, -0.25) is 38.8 Å². The molecule has 0 amide bonds. The van der Waals surface area contributed by atoms with E-state index in [1.54, 1.807) is 0 Å². The van der Waals surface area contributed by atoms with E-state index >= 15 is 0 Å². The van der Waals surface area contributed by atoms with E-state index in [0.717, 1.165) is 175 Å². The Labute approximate surface area is 792 Å². The SMILES string of the molecule is CCCCOc1nc(N)c2c(n1)N(Cc1cc(CN3CCCC3)cc(C(F)(F)F)c1)CCC(=O)C2.CCCCOc1nc(N)c2c(n1)N(Cc1cc(Cl)cc(CN3CCCC3)c1)CCC(=O)C2.CCCCOc1nc(N)c2c(n1)N(Cc1cccc(CN3CCCC3)c1)C1CCCC1C(=O)C2.CCCCOc1nc(N)c2c(n1)N(Cc1cccc(CN3CCCC3)c1)CC1(CC1)C(=O)C2. The number of rotatable bonds is 32. The van der Waals surface area contributed by atoms with Gasteiger partial charge in [0.2, 0.25) is 0 Å². The van der Waals surface area contributed by atoms with Gasteiger partial charge in [-0.05, 0) is 224 Å². The maximum Gasteiger partial charge on any atom is 0.416 e. The second-order valence-corrected chi connectivity index (χ2v) is 38.5. The van der Waals surface area contributed by atoms with E-state index in [9.17, 15) is 32.3 Å². The molecule has 1 spiro atoms. The van der Waals surface area contributed by atoms with Crippen molar-refractivity contribution in [3.05, 3.63) is 162 Å². The minimum atomic E-state index is -4.45. The molecule has 4 saturated heterocycles. The van der Waals surface area contributed by atoms with Crippen LogP contribution in [0.25, 0.3) is 0 Å². The number of nitrogen functional groups attached to an aromatic ring is 4. The highest BCUT2D eigenvalue weighted by molar-refractivity contribution is 6.30. The van der Waals surface area contributed by atoms with Crippen LogP contribution in [0.2, 0.25) is 5.02 Å². The number of likely N-dealkylation sites (tertiary alicyclic amines) is 4. The molecule has 8 aliphatic heterocycles. The van der Waals surface area contributed by atoms with Crippen molar-refractivity contribution < 1.29 is 51.3 Å². The molecule has 2 saturated carbocycles. The summed E-state index contributed by atoms with van der Waals surface area (Å²) in [5.41, 5.74) is 35.5. The quantitative estimate of drug-likeness (QED) is 0.0285. The van der Waals surface area contributed by atoms with Crippen LogP contribution in [0.1, 0.15) is 248 Å². The lowest BCUT2D eigenvalue weighted by Gasteiger charge is -2.32. The monoisotopic (exact) mass is 1860 g/mol. The number of unbranched alkanes of at least 4 members (excludes halogenated alkanes) is 4. The number of ketones is 4. The summed E-state index contributed by atoms with van der Waals surface area (Å²) in [6.07, 6.45) is 19.6. The van der Waals surface area contributed by atoms with Crippen molar-refractivity contribution in [2.24, 2.45) is 11.3 Å². The Kier molecular flexibility index (Phi) is 33.8. The highest BCUT2D eigenvalue weighted by atomic mass is 35.5. The largest absolute Gasteiger partial charge is 0.463 e. The Hall–Kier alpha value is -10.6. The van der Waals surface area contributed by atoms with E-state index in [0.29, 0.717) is 155 Å². The summed E-state index contributed by atoms with van der Waals surface area (Å²) >= 11 is 6.47. The van der Waals surface area contributed by atoms with Crippen molar-refractivity contribution in [2.45, 2.75) is 266 Å². The van der Waals surface area contributed by atoms with Gasteiger partial charge in [0.15, 0.2) is 0 Å². The minimum Gasteiger partial charge on any atom is -0.463 e. The van der Waals surface area contributed by atoms with Crippen LogP contribution >= 0.6 is 11.6 Å². The Bertz CT molecular complexity index is 5350. The molecule has 12 heterocycles. The molecule has 2 aliphatic carbocycles. The lowest BCUT2D eigenvalue weighted by Crippen LogP contribution is -2.39. The number of ether oxygens (including phenoxy) is 4. The number of hydrogen-bond donors (Lipinski definition) is 4. The van der Waals surface area contributed by atoms with Crippen molar-refractivity contribution in [3.8, 4) is 24.0 Å². The van der Waals surface area contributed by atoms with Crippen LogP contribution in [0.15, 0.2) is 84.9 Å². The second-order valence-electron chi connectivity index (χ2n) is 38.0. The molecule has 10 aliphatic rings. The first kappa shape index (κ1) is 97.9. The fraction of sp³-hybridized carbons (Fsp3) is 0.569. The fourth-order valence-electron chi connectivity index (χ4n) is 19.9. The number of nitrogens with zero attached hydrogens (tertiary/aromatic N) is 16. The van der Waals surface area contributed by atoms with Gasteiger partial charge >= 0.3 is 30.2 Å². The molecule has 6 fully saturated rings. The Balaban J connectivity index is 0.000000136. The fourth-order valence-corrected chi connectivity index (χ4v) is 20.2. The summed E-state index contributed by atoms with van der Waals surface area (Å²) in [6, 6.07) is 29.4. The molecular formula is C102H136ClF3N20O8. The first-order valence-corrected chi connectivity index (χ1v) is 49.6. The molecule has 32 heteroatoms. The van der Waals surface area contributed by atoms with Crippen LogP contribution in [0.4, 0.5) is 59.7 Å². The van der Waals surface area contributed by atoms with Crippen LogP contribution in [-0.4, -0.2) is 187 Å². The number of fused-ring (bicyclic) bond motifs is 5. The van der Waals surface area contributed by atoms with E-state index in [2.05, 4.69) is 140 Å². The van der Waals surface area contributed by atoms with Crippen LogP contribution in [0.5, 0.6) is 24.0 Å². The van der Waals surface area contributed by atoms with Gasteiger partial charge in [0, 0.05) is 155 Å². The van der Waals surface area contributed by atoms with Crippen molar-refractivity contribution >= 4 is 81.3 Å². The highest BCUT2D eigenvalue weighted by Crippen LogP contribution is 2.52. The molecule has 8 aromatic rings. The minimum absolute atomic E-state index is 0.0116. The number of aromatic nitrogens is 8. The molecule has 4 aromatic carbocycles. The van der Waals surface area contributed by atoms with Gasteiger partial charge in [-0.25, -0.2) is 0 Å². The van der Waals surface area contributed by atoms with Gasteiger partial charge in [0.05, 0.1) is 32.0 Å². The van der Waals surface area contributed by atoms with Gasteiger partial charge in [0.25, 0.3) is 0 Å². The van der Waals surface area contributed by atoms with E-state index in [1.165, 1.54) is 105 Å². The molecular weight excluding hydrogens is 1730 g/mol. The second kappa shape index (κ2) is 46.3. The lowest BCUT2D eigenvalue weighted by molar-refractivity contribution is -0.137. The van der Waals surface area contributed by atoms with E-state index in [1.807, 2.05) is 30.0 Å². The van der Waals surface area contributed by atoms with E-state index in [-0.39, 0.29) is 84.2 Å². The zero-order chi connectivity index (χ0) is 93.8. The topological polar surface area (TPSA) is 338 Å². The van der Waals surface area contributed by atoms with Crippen LogP contribution in [0, 0.1) is 11.3 Å². The first-order chi connectivity index (χ1) is 64.9. The summed E-state index contributed by atoms with van der Waals surface area (Å²) in [5.74, 6) is 4.61. The third-order valence-corrected chi connectivity index (χ3v) is 27.6. The molecule has 8 N–H and O–H groups in total. The summed E-state index contributed by atoms with van der Waals surface area (Å²) < 4.78 is 64.2. The normalized spacial score (nSPS) is 19.0. The number of anilines is 8. The molecule has 134 heavy (non-hydrogen) atoms. The Morgan fingerprint density at radius 2 is 0.739 bits per heavy atom. The van der Waals surface area contributed by atoms with Crippen molar-refractivity contribution in [1.29, 1.82) is 0 Å². The summed E-state index contributed by atoms with van der Waals surface area (Å²) in [4.78, 5) is 105. The number of halogens is 4. The smallest absolute Gasteiger partial charge is 0.416 e. The standard InChI is InChI=1S/C27H37N5O2.C26H35N5O2.C25H32F3N5O2.C24H32ClN5O2/c1-2-3-14-34-27-29-25(28)22-16-24(33)21-10-7-11-23(21)32(26(22)30-27)18-20-9-6-8-19(15-20)17-31-12-4-5-13-31;1-2-3-13-33-25-28-23(27)21-15-22(32)26(9-10-26)18-31(24(21)29-25)17-20-8-6-7-19(14-20)16-30-11-4-5-12-30;1-2-3-10-35-24-30-22(29)21-14-20(34)6-9-33(23(21)31-24)16-18-11-17(15-32-7-4-5-8-32)12-19(13-18)25(26,27)28;1-2-3-10-32-24-27-22(26)21-14-20(31)6-9-30(23(21)28-24)16-18-11-17(12-19(25)13-18)15-29-7-4-5-8-29/h6,8-9,15,21,23H,2-5,7,10-14,16-18H2,1H3,(H2,28,29,30);6-8,14H,2-5,9-13,15-18H2,1H3,(H2,27,28,29);11-13H,2-10,14-16H2,1H3,(H2,29,30,31);11-13H,2-10,14-16H2,1H3,(H2,26,27,28). The third-order valence-electron chi connectivity index (χ3n) is 27.3. The molecule has 0 bridgehead atoms. The first-order valence-electron chi connectivity index (χ1n) is 49.2. The number of carbonyl (C=O) groups excluding carboxylic acids is 4. The number of alkyl halides is 3. The van der Waals surface area contributed by atoms with Crippen LogP contribution < -0.4 is 61.5 Å². The lowest BCUT2D eigenvalue weighted by atomic mass is 9.95. The van der Waals surface area contributed by atoms with Gasteiger partial charge in [-0.15, -0.1) is 0 Å². The Morgan fingerprint density at radius 3 is 1.15 bits per heavy atom.